The second-order valence-electron chi connectivity index (χ2n) is 0.733. The molecule has 0 aliphatic carbocycles. The van der Waals surface area contributed by atoms with Crippen molar-refractivity contribution in [3.05, 3.63) is 0 Å². The molecule has 3 nitrogen and oxygen atoms in total. The summed E-state index contributed by atoms with van der Waals surface area (Å²) in [5, 5.41) is 0. The SMILES string of the molecule is C.C.C.CC.CS(=O)(=O)O.[Br-].[H+]. The first kappa shape index (κ1) is 42.3. The molecule has 0 aliphatic rings. The highest BCUT2D eigenvalue weighted by molar-refractivity contribution is 7.85. The fourth-order valence-corrected chi connectivity index (χ4v) is 0. The molecule has 0 unspecified atom stereocenters. The van der Waals surface area contributed by atoms with Gasteiger partial charge in [0, 0.05) is 0 Å². The van der Waals surface area contributed by atoms with E-state index in [2.05, 4.69) is 0 Å². The van der Waals surface area contributed by atoms with Gasteiger partial charge >= 0.3 is 1.43 Å². The summed E-state index contributed by atoms with van der Waals surface area (Å²) in [6.45, 7) is 4.00. The lowest BCUT2D eigenvalue weighted by molar-refractivity contribution is -0.00000715. The molecule has 0 aromatic heterocycles. The zero-order valence-electron chi connectivity index (χ0n) is 6.05. The molecule has 0 radical (unpaired) electrons. The summed E-state index contributed by atoms with van der Waals surface area (Å²) in [7, 11) is -3.67. The van der Waals surface area contributed by atoms with Crippen LogP contribution in [0.25, 0.3) is 0 Å². The molecule has 0 saturated heterocycles. The van der Waals surface area contributed by atoms with Gasteiger partial charge in [-0.15, -0.1) is 0 Å². The van der Waals surface area contributed by atoms with Gasteiger partial charge in [0.15, 0.2) is 0 Å². The third-order valence-corrected chi connectivity index (χ3v) is 0. The van der Waals surface area contributed by atoms with E-state index in [4.69, 9.17) is 4.55 Å². The van der Waals surface area contributed by atoms with E-state index >= 15 is 0 Å². The van der Waals surface area contributed by atoms with Gasteiger partial charge in [0.05, 0.1) is 6.26 Å². The Labute approximate surface area is 84.2 Å². The van der Waals surface area contributed by atoms with Gasteiger partial charge in [-0.05, 0) is 0 Å². The molecule has 5 heteroatoms. The van der Waals surface area contributed by atoms with E-state index in [0.717, 1.165) is 0 Å². The van der Waals surface area contributed by atoms with Crippen LogP contribution in [0.4, 0.5) is 0 Å². The van der Waals surface area contributed by atoms with Gasteiger partial charge in [-0.2, -0.15) is 8.42 Å². The van der Waals surface area contributed by atoms with Crippen molar-refractivity contribution in [3.8, 4) is 0 Å². The molecule has 11 heavy (non-hydrogen) atoms. The van der Waals surface area contributed by atoms with E-state index in [1.54, 1.807) is 0 Å². The van der Waals surface area contributed by atoms with Crippen LogP contribution in [0, 0.1) is 0 Å². The van der Waals surface area contributed by atoms with Crippen molar-refractivity contribution in [3.63, 3.8) is 0 Å². The predicted molar refractivity (Wildman–Crippen MR) is 50.1 cm³/mol. The van der Waals surface area contributed by atoms with Crippen molar-refractivity contribution in [2.24, 2.45) is 0 Å². The number of hydrogen-bond acceptors (Lipinski definition) is 2. The summed E-state index contributed by atoms with van der Waals surface area (Å²) in [5.41, 5.74) is 0. The van der Waals surface area contributed by atoms with Crippen LogP contribution in [0.3, 0.4) is 0 Å². The van der Waals surface area contributed by atoms with Crippen molar-refractivity contribution >= 4 is 10.1 Å². The minimum atomic E-state index is -3.67. The Hall–Kier alpha value is 0.390. The fraction of sp³-hybridized carbons (Fsp3) is 1.00. The van der Waals surface area contributed by atoms with Crippen molar-refractivity contribution in [1.29, 1.82) is 0 Å². The quantitative estimate of drug-likeness (QED) is 0.597. The Morgan fingerprint density at radius 2 is 1.09 bits per heavy atom. The standard InChI is InChI=1S/C2H6.CH4O3S.3CH4.BrH/c1-2;1-5(2,3)4;;;;/h1-2H3;1H3,(H,2,3,4);3*1H4;1H. The van der Waals surface area contributed by atoms with E-state index in [9.17, 15) is 8.42 Å². The van der Waals surface area contributed by atoms with E-state index in [-0.39, 0.29) is 40.7 Å². The van der Waals surface area contributed by atoms with Gasteiger partial charge < -0.3 is 17.0 Å². The lowest BCUT2D eigenvalue weighted by atomic mass is 11.0. The minimum absolute atomic E-state index is 0. The lowest BCUT2D eigenvalue weighted by Gasteiger charge is -1.69. The first-order valence-corrected chi connectivity index (χ1v) is 3.77. The number of halogens is 1. The lowest BCUT2D eigenvalue weighted by Crippen LogP contribution is -3.00. The topological polar surface area (TPSA) is 54.4 Å². The van der Waals surface area contributed by atoms with Gasteiger partial charge in [-0.1, -0.05) is 36.1 Å². The third-order valence-electron chi connectivity index (χ3n) is 0. The molecule has 0 aliphatic heterocycles. The van der Waals surface area contributed by atoms with E-state index in [0.29, 0.717) is 6.26 Å². The summed E-state index contributed by atoms with van der Waals surface area (Å²) in [5.74, 6) is 0. The summed E-state index contributed by atoms with van der Waals surface area (Å²) in [6, 6.07) is 0. The van der Waals surface area contributed by atoms with Crippen molar-refractivity contribution in [2.75, 3.05) is 6.26 Å². The molecule has 1 N–H and O–H groups in total. The first-order chi connectivity index (χ1) is 3.00. The molecule has 0 spiro atoms. The minimum Gasteiger partial charge on any atom is -1.00 e. The molecule has 0 rings (SSSR count). The second-order valence-corrected chi connectivity index (χ2v) is 2.20. The first-order valence-electron chi connectivity index (χ1n) is 1.92. The molecule has 0 saturated carbocycles. The maximum absolute atomic E-state index is 9.19. The van der Waals surface area contributed by atoms with Gasteiger partial charge in [-0.3, -0.25) is 4.55 Å². The van der Waals surface area contributed by atoms with Gasteiger partial charge in [0.1, 0.15) is 0 Å². The molecule has 78 valence electrons. The van der Waals surface area contributed by atoms with Gasteiger partial charge in [0.2, 0.25) is 0 Å². The number of rotatable bonds is 0. The van der Waals surface area contributed by atoms with Gasteiger partial charge in [-0.25, -0.2) is 0 Å². The van der Waals surface area contributed by atoms with Crippen LogP contribution in [0.1, 0.15) is 37.6 Å². The molecule has 0 amide bonds. The van der Waals surface area contributed by atoms with Crippen LogP contribution in [-0.2, 0) is 10.1 Å². The van der Waals surface area contributed by atoms with Crippen molar-refractivity contribution in [2.45, 2.75) is 36.1 Å². The Kier molecular flexibility index (Phi) is 86.3. The van der Waals surface area contributed by atoms with E-state index in [1.165, 1.54) is 0 Å². The van der Waals surface area contributed by atoms with Crippen molar-refractivity contribution in [1.82, 2.24) is 0 Å². The monoisotopic (exact) mass is 254 g/mol. The highest BCUT2D eigenvalue weighted by atomic mass is 79.9. The highest BCUT2D eigenvalue weighted by Gasteiger charge is 1.81. The largest absolute Gasteiger partial charge is 1.00 e. The normalized spacial score (nSPS) is 5.82. The predicted octanol–water partition coefficient (Wildman–Crippen LogP) is -0.445. The second kappa shape index (κ2) is 22.4. The van der Waals surface area contributed by atoms with E-state index in [1.807, 2.05) is 13.8 Å². The Morgan fingerprint density at radius 3 is 1.09 bits per heavy atom. The molecule has 0 atom stereocenters. The fourth-order valence-electron chi connectivity index (χ4n) is 0. The van der Waals surface area contributed by atoms with Crippen LogP contribution >= 0.6 is 0 Å². The molecular weight excluding hydrogens is 232 g/mol. The van der Waals surface area contributed by atoms with Crippen LogP contribution in [0.15, 0.2) is 0 Å². The van der Waals surface area contributed by atoms with Gasteiger partial charge in [0.25, 0.3) is 10.1 Å². The molecular formula is C6H23BrO3S. The zero-order chi connectivity index (χ0) is 6.50. The average Bonchev–Trinajstić information content (AvgIpc) is 1.36. The Morgan fingerprint density at radius 1 is 1.09 bits per heavy atom. The summed E-state index contributed by atoms with van der Waals surface area (Å²) in [4.78, 5) is 0. The molecule has 0 bridgehead atoms. The van der Waals surface area contributed by atoms with E-state index < -0.39 is 10.1 Å². The van der Waals surface area contributed by atoms with Crippen LogP contribution in [0.2, 0.25) is 0 Å². The molecule has 0 heterocycles. The summed E-state index contributed by atoms with van der Waals surface area (Å²) < 4.78 is 25.9. The third kappa shape index (κ3) is 4810. The summed E-state index contributed by atoms with van der Waals surface area (Å²) in [6.07, 6.45) is 0.715. The van der Waals surface area contributed by atoms with Crippen LogP contribution in [0.5, 0.6) is 0 Å². The molecule has 0 fully saturated rings. The molecule has 0 aromatic carbocycles. The average molecular weight is 255 g/mol. The van der Waals surface area contributed by atoms with Crippen LogP contribution in [-0.4, -0.2) is 19.2 Å². The van der Waals surface area contributed by atoms with Crippen molar-refractivity contribution < 1.29 is 31.4 Å². The Bertz CT molecular complexity index is 106. The maximum atomic E-state index is 9.19. The smallest absolute Gasteiger partial charge is 1.00 e. The summed E-state index contributed by atoms with van der Waals surface area (Å²) >= 11 is 0. The number of hydrogen-bond donors (Lipinski definition) is 1. The highest BCUT2D eigenvalue weighted by Crippen LogP contribution is 1.60. The van der Waals surface area contributed by atoms with Crippen LogP contribution < -0.4 is 17.0 Å². The molecule has 0 aromatic rings. The maximum Gasteiger partial charge on any atom is 1.00 e. The zero-order valence-corrected chi connectivity index (χ0v) is 7.45. The Balaban J connectivity index is -0.00000000671.